The van der Waals surface area contributed by atoms with Gasteiger partial charge in [-0.1, -0.05) is 18.2 Å². The first-order valence-corrected chi connectivity index (χ1v) is 13.1. The number of nitrogens with zero attached hydrogens (tertiary/aromatic N) is 4. The number of hydrogen-bond acceptors (Lipinski definition) is 6. The van der Waals surface area contributed by atoms with E-state index in [2.05, 4.69) is 4.98 Å². The maximum atomic E-state index is 13.3. The van der Waals surface area contributed by atoms with Crippen LogP contribution >= 0.6 is 0 Å². The molecule has 3 aliphatic heterocycles. The highest BCUT2D eigenvalue weighted by molar-refractivity contribution is 7.90. The maximum absolute atomic E-state index is 13.3. The fraction of sp³-hybridized carbons (Fsp3) is 0.320. The van der Waals surface area contributed by atoms with Gasteiger partial charge in [-0.2, -0.15) is 0 Å². The average molecular weight is 493 g/mol. The Morgan fingerprint density at radius 2 is 1.97 bits per heavy atom. The molecule has 1 saturated heterocycles. The van der Waals surface area contributed by atoms with E-state index in [4.69, 9.17) is 4.74 Å². The standard InChI is InChI=1S/C25H24N4O5S/c30-24(27-11-10-22-21(15-27)26-16-28(22)18-5-2-1-3-6-18)17-8-9-20-23(13-17)35(32,33)29(25(20)31)14-19-7-4-12-34-19/h1-3,5-6,8-9,13,16,19H,4,7,10-12,14-15H2. The third kappa shape index (κ3) is 3.64. The number of para-hydroxylation sites is 1. The quantitative estimate of drug-likeness (QED) is 0.554. The molecule has 0 radical (unpaired) electrons. The van der Waals surface area contributed by atoms with Crippen molar-refractivity contribution in [1.29, 1.82) is 0 Å². The summed E-state index contributed by atoms with van der Waals surface area (Å²) in [5.74, 6) is -0.850. The smallest absolute Gasteiger partial charge is 0.269 e. The van der Waals surface area contributed by atoms with Crippen LogP contribution in [0.5, 0.6) is 0 Å². The number of carbonyl (C=O) groups excluding carboxylic acids is 2. The van der Waals surface area contributed by atoms with Gasteiger partial charge in [0.15, 0.2) is 0 Å². The van der Waals surface area contributed by atoms with Gasteiger partial charge in [0.1, 0.15) is 4.90 Å². The summed E-state index contributed by atoms with van der Waals surface area (Å²) in [6.45, 7) is 1.39. The van der Waals surface area contributed by atoms with Crippen molar-refractivity contribution in [2.45, 2.75) is 36.8 Å². The highest BCUT2D eigenvalue weighted by Crippen LogP contribution is 2.33. The van der Waals surface area contributed by atoms with Crippen LogP contribution < -0.4 is 0 Å². The number of rotatable bonds is 4. The number of fused-ring (bicyclic) bond motifs is 2. The highest BCUT2D eigenvalue weighted by Gasteiger charge is 2.43. The van der Waals surface area contributed by atoms with Gasteiger partial charge in [0, 0.05) is 36.5 Å². The van der Waals surface area contributed by atoms with Crippen LogP contribution in [0.3, 0.4) is 0 Å². The third-order valence-electron chi connectivity index (χ3n) is 6.88. The number of carbonyl (C=O) groups is 2. The van der Waals surface area contributed by atoms with Crippen molar-refractivity contribution in [3.05, 3.63) is 77.4 Å². The number of hydrogen-bond donors (Lipinski definition) is 0. The molecule has 0 bridgehead atoms. The van der Waals surface area contributed by atoms with Crippen LogP contribution in [0.25, 0.3) is 5.69 Å². The van der Waals surface area contributed by atoms with E-state index >= 15 is 0 Å². The Bertz CT molecular complexity index is 1430. The second-order valence-corrected chi connectivity index (χ2v) is 10.8. The minimum atomic E-state index is -4.03. The van der Waals surface area contributed by atoms with Crippen LogP contribution in [-0.4, -0.2) is 64.8 Å². The Morgan fingerprint density at radius 1 is 1.14 bits per heavy atom. The molecule has 1 atom stereocenters. The zero-order chi connectivity index (χ0) is 24.2. The van der Waals surface area contributed by atoms with Crippen LogP contribution in [0, 0.1) is 0 Å². The Hall–Kier alpha value is -3.50. The number of imidazole rings is 1. The Labute approximate surface area is 203 Å². The minimum Gasteiger partial charge on any atom is -0.376 e. The van der Waals surface area contributed by atoms with Gasteiger partial charge in [-0.3, -0.25) is 9.59 Å². The molecule has 180 valence electrons. The molecule has 4 heterocycles. The third-order valence-corrected chi connectivity index (χ3v) is 8.67. The van der Waals surface area contributed by atoms with Gasteiger partial charge in [0.05, 0.1) is 36.8 Å². The largest absolute Gasteiger partial charge is 0.376 e. The lowest BCUT2D eigenvalue weighted by Crippen LogP contribution is -2.37. The van der Waals surface area contributed by atoms with E-state index in [1.807, 2.05) is 34.9 Å². The second-order valence-electron chi connectivity index (χ2n) is 9.01. The lowest BCUT2D eigenvalue weighted by Gasteiger charge is -2.27. The Kier molecular flexibility index (Phi) is 5.23. The van der Waals surface area contributed by atoms with E-state index in [9.17, 15) is 18.0 Å². The van der Waals surface area contributed by atoms with Crippen molar-refractivity contribution in [1.82, 2.24) is 18.8 Å². The Morgan fingerprint density at radius 3 is 2.74 bits per heavy atom. The number of amides is 2. The van der Waals surface area contributed by atoms with E-state index in [0.29, 0.717) is 26.1 Å². The molecule has 0 aliphatic carbocycles. The zero-order valence-electron chi connectivity index (χ0n) is 19.0. The molecule has 10 heteroatoms. The highest BCUT2D eigenvalue weighted by atomic mass is 32.2. The molecule has 2 amide bonds. The number of ether oxygens (including phenoxy) is 1. The van der Waals surface area contributed by atoms with Gasteiger partial charge < -0.3 is 14.2 Å². The van der Waals surface area contributed by atoms with E-state index in [-0.39, 0.29) is 34.6 Å². The minimum absolute atomic E-state index is 0.00188. The molecule has 0 saturated carbocycles. The summed E-state index contributed by atoms with van der Waals surface area (Å²) < 4.78 is 34.7. The van der Waals surface area contributed by atoms with Gasteiger partial charge in [-0.25, -0.2) is 17.7 Å². The molecular formula is C25H24N4O5S. The monoisotopic (exact) mass is 492 g/mol. The van der Waals surface area contributed by atoms with Gasteiger partial charge in [0.2, 0.25) is 0 Å². The average Bonchev–Trinajstić information content (AvgIpc) is 3.59. The molecule has 3 aromatic rings. The summed E-state index contributed by atoms with van der Waals surface area (Å²) >= 11 is 0. The second kappa shape index (κ2) is 8.31. The van der Waals surface area contributed by atoms with Crippen LogP contribution in [0.1, 0.15) is 44.9 Å². The first-order valence-electron chi connectivity index (χ1n) is 11.7. The Balaban J connectivity index is 1.24. The topological polar surface area (TPSA) is 102 Å². The molecule has 0 spiro atoms. The summed E-state index contributed by atoms with van der Waals surface area (Å²) in [5, 5.41) is 0. The first-order chi connectivity index (χ1) is 16.9. The maximum Gasteiger partial charge on any atom is 0.269 e. The molecule has 6 rings (SSSR count). The number of benzene rings is 2. The van der Waals surface area contributed by atoms with Gasteiger partial charge in [-0.15, -0.1) is 0 Å². The van der Waals surface area contributed by atoms with E-state index in [0.717, 1.165) is 34.2 Å². The first kappa shape index (κ1) is 22.0. The fourth-order valence-corrected chi connectivity index (χ4v) is 6.66. The lowest BCUT2D eigenvalue weighted by atomic mass is 10.1. The molecule has 2 aromatic carbocycles. The van der Waals surface area contributed by atoms with Gasteiger partial charge in [-0.05, 0) is 43.2 Å². The fourth-order valence-electron chi connectivity index (χ4n) is 5.04. The molecule has 35 heavy (non-hydrogen) atoms. The van der Waals surface area contributed by atoms with Crippen LogP contribution in [0.15, 0.2) is 59.8 Å². The zero-order valence-corrected chi connectivity index (χ0v) is 19.8. The van der Waals surface area contributed by atoms with Crippen LogP contribution in [0.4, 0.5) is 0 Å². The predicted octanol–water partition coefficient (Wildman–Crippen LogP) is 2.39. The number of aromatic nitrogens is 2. The molecule has 1 unspecified atom stereocenters. The molecule has 1 aromatic heterocycles. The summed E-state index contributed by atoms with van der Waals surface area (Å²) in [5.41, 5.74) is 3.24. The summed E-state index contributed by atoms with van der Waals surface area (Å²) in [6.07, 6.45) is 3.68. The van der Waals surface area contributed by atoms with Crippen LogP contribution in [-0.2, 0) is 27.7 Å². The van der Waals surface area contributed by atoms with E-state index < -0.39 is 15.9 Å². The van der Waals surface area contributed by atoms with Crippen molar-refractivity contribution in [2.75, 3.05) is 19.7 Å². The van der Waals surface area contributed by atoms with E-state index in [1.54, 1.807) is 11.2 Å². The number of sulfonamides is 1. The lowest BCUT2D eigenvalue weighted by molar-refractivity contribution is 0.0706. The predicted molar refractivity (Wildman–Crippen MR) is 126 cm³/mol. The summed E-state index contributed by atoms with van der Waals surface area (Å²) in [7, 11) is -4.03. The molecule has 3 aliphatic rings. The van der Waals surface area contributed by atoms with Crippen molar-refractivity contribution in [2.24, 2.45) is 0 Å². The van der Waals surface area contributed by atoms with Crippen molar-refractivity contribution in [3.8, 4) is 5.69 Å². The molecule has 1 fully saturated rings. The summed E-state index contributed by atoms with van der Waals surface area (Å²) in [6, 6.07) is 14.2. The molecular weight excluding hydrogens is 468 g/mol. The van der Waals surface area contributed by atoms with Crippen molar-refractivity contribution in [3.63, 3.8) is 0 Å². The van der Waals surface area contributed by atoms with Gasteiger partial charge >= 0.3 is 0 Å². The van der Waals surface area contributed by atoms with Crippen LogP contribution in [0.2, 0.25) is 0 Å². The normalized spacial score (nSPS) is 20.7. The summed E-state index contributed by atoms with van der Waals surface area (Å²) in [4.78, 5) is 32.2. The van der Waals surface area contributed by atoms with Gasteiger partial charge in [0.25, 0.3) is 21.8 Å². The molecule has 0 N–H and O–H groups in total. The van der Waals surface area contributed by atoms with Crippen molar-refractivity contribution >= 4 is 21.8 Å². The van der Waals surface area contributed by atoms with Crippen molar-refractivity contribution < 1.29 is 22.7 Å². The SMILES string of the molecule is O=C(c1ccc2c(c1)S(=O)(=O)N(CC1CCCO1)C2=O)N1CCc2c(ncn2-c2ccccc2)C1. The van der Waals surface area contributed by atoms with E-state index in [1.165, 1.54) is 18.2 Å². The molecule has 9 nitrogen and oxygen atoms in total.